The van der Waals surface area contributed by atoms with Gasteiger partial charge in [0.1, 0.15) is 0 Å². The van der Waals surface area contributed by atoms with Gasteiger partial charge in [0, 0.05) is 29.1 Å². The van der Waals surface area contributed by atoms with Crippen molar-refractivity contribution in [2.24, 2.45) is 52.8 Å². The quantitative estimate of drug-likeness (QED) is 0.324. The highest BCUT2D eigenvalue weighted by Crippen LogP contribution is 2.69. The van der Waals surface area contributed by atoms with Crippen molar-refractivity contribution in [1.82, 2.24) is 0 Å². The molecule has 0 heteroatoms. The lowest BCUT2D eigenvalue weighted by atomic mass is 9.59. The molecule has 2 rings (SSSR count). The van der Waals surface area contributed by atoms with Crippen LogP contribution >= 0.6 is 0 Å². The van der Waals surface area contributed by atoms with E-state index >= 15 is 0 Å². The number of terminal acetylenes is 3. The van der Waals surface area contributed by atoms with E-state index < -0.39 is 40.9 Å². The Morgan fingerprint density at radius 1 is 0.235 bits per heavy atom. The minimum Gasteiger partial charge on any atom is -0.106 e. The molecule has 2 fully saturated rings. The molecule has 2 aliphatic carbocycles. The van der Waals surface area contributed by atoms with Crippen molar-refractivity contribution in [3.05, 3.63) is 0 Å². The second kappa shape index (κ2) is 33.8. The summed E-state index contributed by atoms with van der Waals surface area (Å²) >= 11 is 0. The van der Waals surface area contributed by atoms with Crippen molar-refractivity contribution in [1.29, 1.82) is 0 Å². The van der Waals surface area contributed by atoms with Crippen LogP contribution in [0, 0.1) is 374 Å². The summed E-state index contributed by atoms with van der Waals surface area (Å²) in [4.78, 5) is 0. The van der Waals surface area contributed by atoms with E-state index in [1.807, 2.05) is 0 Å². The van der Waals surface area contributed by atoms with Gasteiger partial charge in [-0.1, -0.05) is 67.1 Å². The molecule has 0 heterocycles. The van der Waals surface area contributed by atoms with Gasteiger partial charge < -0.3 is 0 Å². The highest BCUT2D eigenvalue weighted by molar-refractivity contribution is 5.51. The van der Waals surface area contributed by atoms with Crippen LogP contribution in [0.5, 0.6) is 0 Å². The Labute approximate surface area is 406 Å². The van der Waals surface area contributed by atoms with Crippen molar-refractivity contribution >= 4 is 0 Å². The summed E-state index contributed by atoms with van der Waals surface area (Å²) in [6, 6.07) is 0. The molecule has 0 amide bonds. The molecule has 0 radical (unpaired) electrons. The predicted octanol–water partition coefficient (Wildman–Crippen LogP) is 4.01. The molecule has 0 aromatic heterocycles. The Hall–Kier alpha value is -11.9. The zero-order valence-electron chi connectivity index (χ0n) is 37.4. The van der Waals surface area contributed by atoms with Crippen LogP contribution in [0.1, 0.15) is 34.6 Å². The molecular formula is C68H26. The van der Waals surface area contributed by atoms with Crippen molar-refractivity contribution in [3.8, 4) is 321 Å². The normalized spacial score (nSPS) is 18.8. The average Bonchev–Trinajstić information content (AvgIpc) is 3.71. The molecule has 9 atom stereocenters. The lowest BCUT2D eigenvalue weighted by Gasteiger charge is -2.40. The highest BCUT2D eigenvalue weighted by atomic mass is 14.7. The predicted molar refractivity (Wildman–Crippen MR) is 272 cm³/mol. The van der Waals surface area contributed by atoms with Crippen molar-refractivity contribution in [2.45, 2.75) is 34.6 Å². The molecule has 2 aliphatic rings. The first-order valence-corrected chi connectivity index (χ1v) is 19.7. The number of hydrogen-bond acceptors (Lipinski definition) is 0. The largest absolute Gasteiger partial charge is 0.106 e. The first-order valence-electron chi connectivity index (χ1n) is 19.7. The maximum absolute atomic E-state index is 5.31. The molecule has 0 bridgehead atoms. The number of hydrogen-bond donors (Lipinski definition) is 0. The van der Waals surface area contributed by atoms with Crippen LogP contribution in [0.15, 0.2) is 0 Å². The van der Waals surface area contributed by atoms with E-state index in [9.17, 15) is 0 Å². The van der Waals surface area contributed by atoms with Gasteiger partial charge in [-0.2, -0.15) is 0 Å². The van der Waals surface area contributed by atoms with Crippen LogP contribution in [0.3, 0.4) is 0 Å². The Balaban J connectivity index is 3.42. The maximum atomic E-state index is 5.31. The average molecular weight is 843 g/mol. The third-order valence-electron chi connectivity index (χ3n) is 9.18. The minimum absolute atomic E-state index is 0.115. The molecule has 298 valence electrons. The van der Waals surface area contributed by atoms with E-state index in [0.717, 1.165) is 0 Å². The van der Waals surface area contributed by atoms with Gasteiger partial charge in [0.25, 0.3) is 0 Å². The Morgan fingerprint density at radius 3 is 0.662 bits per heavy atom. The fraction of sp³-hybridized carbons (Fsp3) is 0.206. The van der Waals surface area contributed by atoms with Gasteiger partial charge in [0.2, 0.25) is 0 Å². The molecular weight excluding hydrogens is 817 g/mol. The lowest BCUT2D eigenvalue weighted by Crippen LogP contribution is -2.42. The topological polar surface area (TPSA) is 0 Å². The summed E-state index contributed by atoms with van der Waals surface area (Å²) in [6.07, 6.45) is 15.7. The first kappa shape index (κ1) is 52.3. The van der Waals surface area contributed by atoms with E-state index in [1.165, 1.54) is 0 Å². The molecule has 0 aromatic carbocycles. The summed E-state index contributed by atoms with van der Waals surface area (Å²) in [5, 5.41) is 0. The van der Waals surface area contributed by atoms with Gasteiger partial charge >= 0.3 is 0 Å². The van der Waals surface area contributed by atoms with Gasteiger partial charge in [-0.3, -0.25) is 0 Å². The van der Waals surface area contributed by atoms with E-state index in [2.05, 4.69) is 316 Å². The van der Waals surface area contributed by atoms with Crippen LogP contribution in [0.4, 0.5) is 0 Å². The maximum Gasteiger partial charge on any atom is 0.0508 e. The summed E-state index contributed by atoms with van der Waals surface area (Å²) in [5.41, 5.74) is -1.04. The van der Waals surface area contributed by atoms with Crippen molar-refractivity contribution in [2.75, 3.05) is 0 Å². The minimum atomic E-state index is -1.04. The molecule has 0 aromatic rings. The standard InChI is InChI=1S/C68H26/c1-9-15-21-27-32-35-37-40-44-49-55-63-62(54-48-43-39-34-29-23-17-11-3)66(58-52-46-38-30-24-18-12-4)68(67(63)59-53-47-41-36-33-28-22-16-10-2)64(56-50-42-26-20-14-6)60(7)61(8)65(68)57-51-45-31-25-19-13-5/h1,3,5,60-67H,2,4,6-8H3. The fourth-order valence-electron chi connectivity index (χ4n) is 6.84. The van der Waals surface area contributed by atoms with Crippen LogP contribution < -0.4 is 0 Å². The zero-order chi connectivity index (χ0) is 49.2. The summed E-state index contributed by atoms with van der Waals surface area (Å²) in [5.74, 6) is 138. The molecule has 2 saturated carbocycles. The molecule has 0 saturated heterocycles. The monoisotopic (exact) mass is 842 g/mol. The molecule has 0 nitrogen and oxygen atoms in total. The van der Waals surface area contributed by atoms with Crippen LogP contribution in [-0.4, -0.2) is 0 Å². The van der Waals surface area contributed by atoms with Gasteiger partial charge in [0.15, 0.2) is 0 Å². The third-order valence-corrected chi connectivity index (χ3v) is 9.18. The van der Waals surface area contributed by atoms with Gasteiger partial charge in [0.05, 0.1) is 11.8 Å². The van der Waals surface area contributed by atoms with Crippen molar-refractivity contribution in [3.63, 3.8) is 0 Å². The smallest absolute Gasteiger partial charge is 0.0508 e. The fourth-order valence-corrected chi connectivity index (χ4v) is 6.84. The zero-order valence-corrected chi connectivity index (χ0v) is 37.4. The second-order valence-corrected chi connectivity index (χ2v) is 12.6. The van der Waals surface area contributed by atoms with Crippen LogP contribution in [0.2, 0.25) is 0 Å². The Morgan fingerprint density at radius 2 is 0.426 bits per heavy atom. The summed E-state index contributed by atoms with van der Waals surface area (Å²) < 4.78 is 0. The molecule has 0 aliphatic heterocycles. The van der Waals surface area contributed by atoms with E-state index in [1.54, 1.807) is 20.8 Å². The SMILES string of the molecule is C#CC#CC#CC#CC#CC#CC1C(C#CC#CC#CC#CC#C)C(C#CC#CC#CC#CC)C2(C(C#CC#CC#CC)C(C)C(C)C2C#CC#CC#CC#C)C1C#CC#CC#CC#CC#CC. The van der Waals surface area contributed by atoms with Gasteiger partial charge in [-0.25, -0.2) is 0 Å². The molecule has 0 N–H and O–H groups in total. The summed E-state index contributed by atoms with van der Waals surface area (Å²) in [6.45, 7) is 9.26. The number of rotatable bonds is 0. The van der Waals surface area contributed by atoms with Gasteiger partial charge in [-0.05, 0) is 281 Å². The Kier molecular flexibility index (Phi) is 26.0. The summed E-state index contributed by atoms with van der Waals surface area (Å²) in [7, 11) is 0. The van der Waals surface area contributed by atoms with Crippen molar-refractivity contribution < 1.29 is 0 Å². The lowest BCUT2D eigenvalue weighted by molar-refractivity contribution is 0.108. The van der Waals surface area contributed by atoms with Crippen LogP contribution in [0.25, 0.3) is 0 Å². The van der Waals surface area contributed by atoms with E-state index in [-0.39, 0.29) is 11.8 Å². The molecule has 9 unspecified atom stereocenters. The highest BCUT2D eigenvalue weighted by Gasteiger charge is 2.70. The van der Waals surface area contributed by atoms with Crippen LogP contribution in [-0.2, 0) is 0 Å². The molecule has 1 spiro atoms. The first-order chi connectivity index (χ1) is 33.5. The second-order valence-electron chi connectivity index (χ2n) is 12.6. The third kappa shape index (κ3) is 17.6. The van der Waals surface area contributed by atoms with E-state index in [0.29, 0.717) is 0 Å². The molecule has 68 heavy (non-hydrogen) atoms. The Bertz CT molecular complexity index is 3880. The van der Waals surface area contributed by atoms with Gasteiger partial charge in [-0.15, -0.1) is 19.3 Å². The van der Waals surface area contributed by atoms with E-state index in [4.69, 9.17) is 19.3 Å².